The average molecular weight is 396 g/mol. The molecule has 0 saturated carbocycles. The summed E-state index contributed by atoms with van der Waals surface area (Å²) in [6, 6.07) is 4.68. The molecule has 6 nitrogen and oxygen atoms in total. The van der Waals surface area contributed by atoms with Crippen LogP contribution in [-0.4, -0.2) is 58.7 Å². The molecule has 6 rings (SSSR count). The standard InChI is InChI=1S/C23H29N3O3/c27-22(16-3-1-2-4-16)25-9-15-7-18(12-25)21-6-5-17(23(28)26(21)10-15)11-24-13-20-8-19(24)14-29-20/h1-2,5-6,15-16,18-20H,3-4,7-14H2/t15-,18+,19+,20+/m0/s1. The van der Waals surface area contributed by atoms with Gasteiger partial charge in [0, 0.05) is 61.9 Å². The van der Waals surface area contributed by atoms with Crippen molar-refractivity contribution in [3.05, 3.63) is 45.9 Å². The first kappa shape index (κ1) is 17.9. The third-order valence-electron chi connectivity index (χ3n) is 7.74. The summed E-state index contributed by atoms with van der Waals surface area (Å²) >= 11 is 0. The number of likely N-dealkylation sites (tertiary alicyclic amines) is 2. The van der Waals surface area contributed by atoms with E-state index in [1.54, 1.807) is 0 Å². The van der Waals surface area contributed by atoms with Crippen molar-refractivity contribution in [3.63, 3.8) is 0 Å². The van der Waals surface area contributed by atoms with Crippen LogP contribution in [0.5, 0.6) is 0 Å². The lowest BCUT2D eigenvalue weighted by molar-refractivity contribution is -0.138. The van der Waals surface area contributed by atoms with Crippen molar-refractivity contribution < 1.29 is 9.53 Å². The Hall–Kier alpha value is -1.92. The van der Waals surface area contributed by atoms with Crippen LogP contribution >= 0.6 is 0 Å². The fraction of sp³-hybridized carbons (Fsp3) is 0.652. The van der Waals surface area contributed by atoms with E-state index in [9.17, 15) is 9.59 Å². The van der Waals surface area contributed by atoms with Gasteiger partial charge in [-0.05, 0) is 37.7 Å². The molecule has 5 heterocycles. The van der Waals surface area contributed by atoms with Crippen LogP contribution in [-0.2, 0) is 22.6 Å². The lowest BCUT2D eigenvalue weighted by Crippen LogP contribution is -2.50. The molecule has 4 atom stereocenters. The van der Waals surface area contributed by atoms with Crippen molar-refractivity contribution in [3.8, 4) is 0 Å². The van der Waals surface area contributed by atoms with Crippen LogP contribution in [0.15, 0.2) is 29.1 Å². The maximum Gasteiger partial charge on any atom is 0.255 e. The lowest BCUT2D eigenvalue weighted by Gasteiger charge is -2.43. The van der Waals surface area contributed by atoms with Gasteiger partial charge in [-0.1, -0.05) is 18.2 Å². The number of amides is 1. The third kappa shape index (κ3) is 2.99. The molecule has 154 valence electrons. The fourth-order valence-electron chi connectivity index (χ4n) is 6.26. The van der Waals surface area contributed by atoms with Crippen molar-refractivity contribution in [1.29, 1.82) is 0 Å². The predicted octanol–water partition coefficient (Wildman–Crippen LogP) is 1.73. The first-order valence-electron chi connectivity index (χ1n) is 11.2. The second kappa shape index (κ2) is 6.81. The summed E-state index contributed by atoms with van der Waals surface area (Å²) in [5.41, 5.74) is 2.22. The largest absolute Gasteiger partial charge is 0.375 e. The van der Waals surface area contributed by atoms with Crippen LogP contribution in [0.3, 0.4) is 0 Å². The van der Waals surface area contributed by atoms with Crippen LogP contribution in [0.25, 0.3) is 0 Å². The maximum atomic E-state index is 13.3. The van der Waals surface area contributed by atoms with E-state index < -0.39 is 0 Å². The van der Waals surface area contributed by atoms with Crippen molar-refractivity contribution in [2.24, 2.45) is 11.8 Å². The Morgan fingerprint density at radius 3 is 2.69 bits per heavy atom. The highest BCUT2D eigenvalue weighted by molar-refractivity contribution is 5.80. The summed E-state index contributed by atoms with van der Waals surface area (Å²) in [6.07, 6.45) is 8.58. The van der Waals surface area contributed by atoms with E-state index in [0.29, 0.717) is 29.9 Å². The molecular formula is C23H29N3O3. The van der Waals surface area contributed by atoms with Crippen LogP contribution in [0, 0.1) is 11.8 Å². The molecule has 0 aromatic carbocycles. The highest BCUT2D eigenvalue weighted by atomic mass is 16.5. The predicted molar refractivity (Wildman–Crippen MR) is 109 cm³/mol. The number of pyridine rings is 1. The number of rotatable bonds is 3. The van der Waals surface area contributed by atoms with E-state index in [4.69, 9.17) is 4.74 Å². The Kier molecular flexibility index (Phi) is 4.20. The first-order chi connectivity index (χ1) is 14.2. The minimum absolute atomic E-state index is 0.137. The molecule has 0 N–H and O–H groups in total. The van der Waals surface area contributed by atoms with Crippen LogP contribution in [0.4, 0.5) is 0 Å². The number of piperidine rings is 1. The molecule has 0 spiro atoms. The Balaban J connectivity index is 1.22. The van der Waals surface area contributed by atoms with Crippen molar-refractivity contribution in [2.45, 2.75) is 56.8 Å². The van der Waals surface area contributed by atoms with Crippen molar-refractivity contribution in [1.82, 2.24) is 14.4 Å². The van der Waals surface area contributed by atoms with Gasteiger partial charge in [-0.2, -0.15) is 0 Å². The van der Waals surface area contributed by atoms with Crippen LogP contribution in [0.1, 0.15) is 42.9 Å². The molecule has 0 unspecified atom stereocenters. The zero-order valence-corrected chi connectivity index (χ0v) is 16.8. The number of hydrogen-bond donors (Lipinski definition) is 0. The number of carbonyl (C=O) groups excluding carboxylic acids is 1. The monoisotopic (exact) mass is 395 g/mol. The van der Waals surface area contributed by atoms with Crippen molar-refractivity contribution in [2.75, 3.05) is 26.2 Å². The Bertz CT molecular complexity index is 914. The zero-order valence-electron chi connectivity index (χ0n) is 16.8. The fourth-order valence-corrected chi connectivity index (χ4v) is 6.26. The normalized spacial score (nSPS) is 33.4. The van der Waals surface area contributed by atoms with Gasteiger partial charge < -0.3 is 14.2 Å². The second-order valence-electron chi connectivity index (χ2n) is 9.66. The van der Waals surface area contributed by atoms with Gasteiger partial charge in [0.15, 0.2) is 0 Å². The van der Waals surface area contributed by atoms with Gasteiger partial charge in [-0.15, -0.1) is 0 Å². The van der Waals surface area contributed by atoms with E-state index in [1.807, 2.05) is 10.6 Å². The van der Waals surface area contributed by atoms with E-state index in [1.165, 1.54) is 0 Å². The molecule has 29 heavy (non-hydrogen) atoms. The number of fused-ring (bicyclic) bond motifs is 6. The Morgan fingerprint density at radius 1 is 1.07 bits per heavy atom. The molecule has 1 amide bonds. The number of carbonyl (C=O) groups is 1. The zero-order chi connectivity index (χ0) is 19.5. The molecule has 0 radical (unpaired) electrons. The summed E-state index contributed by atoms with van der Waals surface area (Å²) in [4.78, 5) is 30.7. The highest BCUT2D eigenvalue weighted by Gasteiger charge is 2.40. The summed E-state index contributed by atoms with van der Waals surface area (Å²) < 4.78 is 7.72. The van der Waals surface area contributed by atoms with Gasteiger partial charge >= 0.3 is 0 Å². The second-order valence-corrected chi connectivity index (χ2v) is 9.66. The summed E-state index contributed by atoms with van der Waals surface area (Å²) in [6.45, 7) is 4.80. The average Bonchev–Trinajstić information content (AvgIpc) is 3.48. The quantitative estimate of drug-likeness (QED) is 0.732. The maximum absolute atomic E-state index is 13.3. The SMILES string of the molecule is O=C(C1CC=CC1)N1C[C@@H]2C[C@H](C1)c1ccc(CN3C[C@H]4C[C@@H]3CO4)c(=O)n1C2. The molecule has 4 bridgehead atoms. The minimum Gasteiger partial charge on any atom is -0.375 e. The summed E-state index contributed by atoms with van der Waals surface area (Å²) in [5.74, 6) is 1.13. The highest BCUT2D eigenvalue weighted by Crippen LogP contribution is 2.37. The Morgan fingerprint density at radius 2 is 1.93 bits per heavy atom. The molecule has 6 heteroatoms. The summed E-state index contributed by atoms with van der Waals surface area (Å²) in [5, 5.41) is 0. The third-order valence-corrected chi connectivity index (χ3v) is 7.74. The molecule has 1 aromatic rings. The summed E-state index contributed by atoms with van der Waals surface area (Å²) in [7, 11) is 0. The first-order valence-corrected chi connectivity index (χ1v) is 11.2. The minimum atomic E-state index is 0.137. The molecule has 4 aliphatic heterocycles. The smallest absolute Gasteiger partial charge is 0.255 e. The molecule has 3 fully saturated rings. The van der Waals surface area contributed by atoms with E-state index in [0.717, 1.165) is 76.3 Å². The van der Waals surface area contributed by atoms with Gasteiger partial charge in [-0.25, -0.2) is 0 Å². The van der Waals surface area contributed by atoms with Gasteiger partial charge in [0.1, 0.15) is 0 Å². The van der Waals surface area contributed by atoms with Crippen molar-refractivity contribution >= 4 is 5.91 Å². The van der Waals surface area contributed by atoms with Gasteiger partial charge in [0.05, 0.1) is 12.7 Å². The molecular weight excluding hydrogens is 366 g/mol. The molecule has 1 aromatic heterocycles. The number of nitrogens with zero attached hydrogens (tertiary/aromatic N) is 3. The van der Waals surface area contributed by atoms with Gasteiger partial charge in [0.25, 0.3) is 5.56 Å². The number of hydrogen-bond acceptors (Lipinski definition) is 4. The number of allylic oxidation sites excluding steroid dienone is 2. The number of morpholine rings is 1. The van der Waals surface area contributed by atoms with Gasteiger partial charge in [0.2, 0.25) is 5.91 Å². The van der Waals surface area contributed by atoms with Crippen LogP contribution < -0.4 is 5.56 Å². The Labute approximate surface area is 171 Å². The van der Waals surface area contributed by atoms with E-state index >= 15 is 0 Å². The number of ether oxygens (including phenoxy) is 1. The van der Waals surface area contributed by atoms with Crippen LogP contribution in [0.2, 0.25) is 0 Å². The van der Waals surface area contributed by atoms with E-state index in [-0.39, 0.29) is 11.5 Å². The molecule has 3 saturated heterocycles. The lowest BCUT2D eigenvalue weighted by atomic mass is 9.82. The van der Waals surface area contributed by atoms with Gasteiger partial charge in [-0.3, -0.25) is 14.5 Å². The molecule has 1 aliphatic carbocycles. The molecule has 5 aliphatic rings. The number of aromatic nitrogens is 1. The topological polar surface area (TPSA) is 54.8 Å². The van der Waals surface area contributed by atoms with E-state index in [2.05, 4.69) is 28.0 Å².